The summed E-state index contributed by atoms with van der Waals surface area (Å²) in [6, 6.07) is 38.0. The summed E-state index contributed by atoms with van der Waals surface area (Å²) >= 11 is 9.27. The Hall–Kier alpha value is -3.18. The molecule has 0 fully saturated rings. The Bertz CT molecular complexity index is 1450. The normalized spacial score (nSPS) is 11.4. The van der Waals surface area contributed by atoms with E-state index in [4.69, 9.17) is 0 Å². The van der Waals surface area contributed by atoms with Crippen LogP contribution in [0.3, 0.4) is 0 Å². The van der Waals surface area contributed by atoms with Crippen LogP contribution < -0.4 is 4.90 Å². The highest BCUT2D eigenvalue weighted by Crippen LogP contribution is 2.36. The smallest absolute Gasteiger partial charge is 0.0473 e. The highest BCUT2D eigenvalue weighted by molar-refractivity contribution is 9.10. The summed E-state index contributed by atoms with van der Waals surface area (Å²) < 4.78 is 2.12. The Morgan fingerprint density at radius 1 is 0.528 bits per heavy atom. The zero-order valence-corrected chi connectivity index (χ0v) is 23.4. The van der Waals surface area contributed by atoms with Crippen molar-refractivity contribution in [2.45, 2.75) is 0 Å². The molecule has 0 aliphatic rings. The van der Waals surface area contributed by atoms with Gasteiger partial charge in [-0.05, 0) is 76.7 Å². The Kier molecular flexibility index (Phi) is 7.97. The van der Waals surface area contributed by atoms with E-state index in [1.807, 2.05) is 12.1 Å². The Labute approximate surface area is 233 Å². The molecule has 5 rings (SSSR count). The van der Waals surface area contributed by atoms with Crippen molar-refractivity contribution in [3.05, 3.63) is 145 Å². The molecule has 36 heavy (non-hydrogen) atoms. The maximum Gasteiger partial charge on any atom is 0.0473 e. The second-order valence-electron chi connectivity index (χ2n) is 8.18. The summed E-state index contributed by atoms with van der Waals surface area (Å²) in [5.41, 5.74) is 6.77. The van der Waals surface area contributed by atoms with E-state index in [2.05, 4.69) is 164 Å². The molecular weight excluding hydrogens is 590 g/mol. The molecule has 0 amide bonds. The van der Waals surface area contributed by atoms with E-state index >= 15 is 0 Å². The number of para-hydroxylation sites is 2. The van der Waals surface area contributed by atoms with Crippen LogP contribution in [-0.2, 0) is 0 Å². The zero-order valence-electron chi connectivity index (χ0n) is 19.4. The summed E-state index contributed by atoms with van der Waals surface area (Å²) in [5, 5.41) is 2.09. The van der Waals surface area contributed by atoms with Crippen LogP contribution in [0.5, 0.6) is 0 Å². The summed E-state index contributed by atoms with van der Waals surface area (Å²) in [5.74, 6) is 0. The molecule has 1 aromatic heterocycles. The van der Waals surface area contributed by atoms with Crippen molar-refractivity contribution in [3.8, 4) is 0 Å². The molecule has 0 atom stereocenters. The quantitative estimate of drug-likeness (QED) is 0.165. The van der Waals surface area contributed by atoms with Gasteiger partial charge in [-0.3, -0.25) is 0 Å². The predicted molar refractivity (Wildman–Crippen MR) is 165 cm³/mol. The Morgan fingerprint density at radius 3 is 1.72 bits per heavy atom. The van der Waals surface area contributed by atoms with Gasteiger partial charge >= 0.3 is 0 Å². The van der Waals surface area contributed by atoms with Crippen molar-refractivity contribution < 1.29 is 0 Å². The number of thiophene rings is 1. The van der Waals surface area contributed by atoms with E-state index < -0.39 is 0 Å². The third-order valence-electron chi connectivity index (χ3n) is 5.72. The lowest BCUT2D eigenvalue weighted by Crippen LogP contribution is -2.09. The van der Waals surface area contributed by atoms with Gasteiger partial charge < -0.3 is 4.90 Å². The average molecular weight is 613 g/mol. The standard InChI is InChI=1S/C32H23Br2NS/c33-31-22-24(14-16-26(31)18-20-30-12-7-21-36-30)13-15-25-17-19-29(23-32(25)34)35(27-8-3-1-4-9-27)28-10-5-2-6-11-28/h1-23H. The van der Waals surface area contributed by atoms with E-state index in [-0.39, 0.29) is 0 Å². The second-order valence-corrected chi connectivity index (χ2v) is 10.9. The highest BCUT2D eigenvalue weighted by atomic mass is 79.9. The van der Waals surface area contributed by atoms with Crippen LogP contribution in [0.1, 0.15) is 21.6 Å². The van der Waals surface area contributed by atoms with Crippen LogP contribution in [-0.4, -0.2) is 0 Å². The van der Waals surface area contributed by atoms with Crippen molar-refractivity contribution in [1.29, 1.82) is 0 Å². The van der Waals surface area contributed by atoms with Crippen molar-refractivity contribution in [2.24, 2.45) is 0 Å². The summed E-state index contributed by atoms with van der Waals surface area (Å²) in [6.07, 6.45) is 8.58. The van der Waals surface area contributed by atoms with Gasteiger partial charge in [0.2, 0.25) is 0 Å². The van der Waals surface area contributed by atoms with Crippen LogP contribution in [0, 0.1) is 0 Å². The van der Waals surface area contributed by atoms with Gasteiger partial charge in [-0.2, -0.15) is 0 Å². The van der Waals surface area contributed by atoms with Gasteiger partial charge in [0.1, 0.15) is 0 Å². The van der Waals surface area contributed by atoms with Gasteiger partial charge in [0.05, 0.1) is 0 Å². The van der Waals surface area contributed by atoms with Crippen molar-refractivity contribution in [1.82, 2.24) is 0 Å². The van der Waals surface area contributed by atoms with Crippen LogP contribution >= 0.6 is 43.2 Å². The Balaban J connectivity index is 1.38. The molecule has 0 N–H and O–H groups in total. The first-order valence-electron chi connectivity index (χ1n) is 11.6. The fourth-order valence-electron chi connectivity index (χ4n) is 3.92. The molecule has 0 aliphatic heterocycles. The molecule has 4 aromatic carbocycles. The molecule has 0 aliphatic carbocycles. The molecule has 0 saturated carbocycles. The molecule has 5 aromatic rings. The third kappa shape index (κ3) is 5.96. The van der Waals surface area contributed by atoms with Gasteiger partial charge in [-0.25, -0.2) is 0 Å². The molecule has 0 radical (unpaired) electrons. The van der Waals surface area contributed by atoms with E-state index in [1.165, 1.54) is 4.88 Å². The van der Waals surface area contributed by atoms with Gasteiger partial charge in [-0.1, -0.05) is 111 Å². The average Bonchev–Trinajstić information content (AvgIpc) is 3.43. The van der Waals surface area contributed by atoms with Crippen LogP contribution in [0.15, 0.2) is 124 Å². The molecule has 0 spiro atoms. The number of rotatable bonds is 7. The lowest BCUT2D eigenvalue weighted by atomic mass is 10.1. The molecule has 4 heteroatoms. The van der Waals surface area contributed by atoms with Crippen LogP contribution in [0.4, 0.5) is 17.1 Å². The van der Waals surface area contributed by atoms with E-state index in [0.29, 0.717) is 0 Å². The molecule has 1 nitrogen and oxygen atoms in total. The lowest BCUT2D eigenvalue weighted by Gasteiger charge is -2.25. The van der Waals surface area contributed by atoms with E-state index in [9.17, 15) is 0 Å². The number of hydrogen-bond acceptors (Lipinski definition) is 2. The fourth-order valence-corrected chi connectivity index (χ4v) is 5.56. The van der Waals surface area contributed by atoms with Gasteiger partial charge in [0, 0.05) is 30.9 Å². The number of nitrogens with zero attached hydrogens (tertiary/aromatic N) is 1. The van der Waals surface area contributed by atoms with Crippen LogP contribution in [0.2, 0.25) is 0 Å². The zero-order chi connectivity index (χ0) is 24.7. The van der Waals surface area contributed by atoms with Crippen molar-refractivity contribution in [3.63, 3.8) is 0 Å². The lowest BCUT2D eigenvalue weighted by molar-refractivity contribution is 1.28. The van der Waals surface area contributed by atoms with Crippen molar-refractivity contribution >= 4 is 84.6 Å². The number of anilines is 3. The van der Waals surface area contributed by atoms with E-state index in [0.717, 1.165) is 42.7 Å². The topological polar surface area (TPSA) is 3.24 Å². The molecule has 0 saturated heterocycles. The maximum atomic E-state index is 3.80. The number of hydrogen-bond donors (Lipinski definition) is 0. The minimum Gasteiger partial charge on any atom is -0.310 e. The number of halogens is 2. The third-order valence-corrected chi connectivity index (χ3v) is 7.93. The minimum atomic E-state index is 1.04. The Morgan fingerprint density at radius 2 is 1.14 bits per heavy atom. The van der Waals surface area contributed by atoms with Gasteiger partial charge in [-0.15, -0.1) is 11.3 Å². The first-order chi connectivity index (χ1) is 17.7. The molecular formula is C32H23Br2NS. The van der Waals surface area contributed by atoms with Gasteiger partial charge in [0.25, 0.3) is 0 Å². The molecule has 176 valence electrons. The SMILES string of the molecule is Brc1cc(C=Cc2ccc(N(c3ccccc3)c3ccccc3)cc2Br)ccc1C=Cc1cccs1. The monoisotopic (exact) mass is 611 g/mol. The molecule has 1 heterocycles. The molecule has 0 bridgehead atoms. The molecule has 0 unspecified atom stereocenters. The predicted octanol–water partition coefficient (Wildman–Crippen LogP) is 11.1. The highest BCUT2D eigenvalue weighted by Gasteiger charge is 2.12. The first kappa shape index (κ1) is 24.5. The maximum absolute atomic E-state index is 3.80. The summed E-state index contributed by atoms with van der Waals surface area (Å²) in [7, 11) is 0. The summed E-state index contributed by atoms with van der Waals surface area (Å²) in [4.78, 5) is 3.51. The number of benzene rings is 4. The fraction of sp³-hybridized carbons (Fsp3) is 0. The van der Waals surface area contributed by atoms with E-state index in [1.54, 1.807) is 11.3 Å². The second kappa shape index (κ2) is 11.7. The van der Waals surface area contributed by atoms with Gasteiger partial charge in [0.15, 0.2) is 0 Å². The largest absolute Gasteiger partial charge is 0.310 e. The minimum absolute atomic E-state index is 1.04. The van der Waals surface area contributed by atoms with Crippen molar-refractivity contribution in [2.75, 3.05) is 4.90 Å². The summed E-state index contributed by atoms with van der Waals surface area (Å²) in [6.45, 7) is 0. The van der Waals surface area contributed by atoms with Crippen LogP contribution in [0.25, 0.3) is 24.3 Å². The first-order valence-corrected chi connectivity index (χ1v) is 14.0.